The van der Waals surface area contributed by atoms with Crippen molar-refractivity contribution in [2.45, 2.75) is 90.1 Å². The van der Waals surface area contributed by atoms with Crippen molar-refractivity contribution in [1.82, 2.24) is 5.32 Å². The molecule has 0 heterocycles. The number of aliphatic hydroxyl groups is 1. The van der Waals surface area contributed by atoms with Crippen LogP contribution in [0.3, 0.4) is 0 Å². The van der Waals surface area contributed by atoms with Gasteiger partial charge in [-0.15, -0.1) is 0 Å². The van der Waals surface area contributed by atoms with E-state index in [4.69, 9.17) is 0 Å². The van der Waals surface area contributed by atoms with Crippen LogP contribution in [0.2, 0.25) is 0 Å². The zero-order valence-electron chi connectivity index (χ0n) is 20.0. The minimum Gasteiger partial charge on any atom is -0.388 e. The Kier molecular flexibility index (Phi) is 8.19. The van der Waals surface area contributed by atoms with E-state index in [1.165, 1.54) is 11.1 Å². The third-order valence-corrected chi connectivity index (χ3v) is 7.99. The number of benzene rings is 1. The quantitative estimate of drug-likeness (QED) is 0.564. The SMILES string of the molecule is Cc1cccc2c1CCCC(CC1CCC(C(=O)NC3=C/C(=O)CCCC/C=C\3)CC1)C2O. The van der Waals surface area contributed by atoms with Gasteiger partial charge in [-0.2, -0.15) is 0 Å². The highest BCUT2D eigenvalue weighted by molar-refractivity contribution is 5.92. The zero-order valence-corrected chi connectivity index (χ0v) is 20.0. The van der Waals surface area contributed by atoms with Crippen molar-refractivity contribution in [3.63, 3.8) is 0 Å². The molecule has 33 heavy (non-hydrogen) atoms. The second-order valence-electron chi connectivity index (χ2n) is 10.4. The summed E-state index contributed by atoms with van der Waals surface area (Å²) in [5, 5.41) is 14.2. The summed E-state index contributed by atoms with van der Waals surface area (Å²) >= 11 is 0. The fourth-order valence-corrected chi connectivity index (χ4v) is 6.02. The lowest BCUT2D eigenvalue weighted by molar-refractivity contribution is -0.125. The normalized spacial score (nSPS) is 31.1. The maximum atomic E-state index is 12.9. The summed E-state index contributed by atoms with van der Waals surface area (Å²) in [5.41, 5.74) is 4.42. The molecule has 4 rings (SSSR count). The van der Waals surface area contributed by atoms with Crippen LogP contribution < -0.4 is 5.32 Å². The molecule has 0 aliphatic heterocycles. The molecular weight excluding hydrogens is 410 g/mol. The monoisotopic (exact) mass is 449 g/mol. The molecule has 3 aliphatic carbocycles. The van der Waals surface area contributed by atoms with Crippen molar-refractivity contribution in [3.8, 4) is 0 Å². The summed E-state index contributed by atoms with van der Waals surface area (Å²) in [4.78, 5) is 24.9. The molecule has 0 bridgehead atoms. The zero-order chi connectivity index (χ0) is 23.2. The summed E-state index contributed by atoms with van der Waals surface area (Å²) < 4.78 is 0. The Morgan fingerprint density at radius 3 is 2.70 bits per heavy atom. The van der Waals surface area contributed by atoms with Crippen LogP contribution >= 0.6 is 0 Å². The number of rotatable bonds is 4. The number of carbonyl (C=O) groups excluding carboxylic acids is 2. The number of fused-ring (bicyclic) bond motifs is 1. The van der Waals surface area contributed by atoms with Crippen molar-refractivity contribution < 1.29 is 14.7 Å². The molecule has 4 nitrogen and oxygen atoms in total. The van der Waals surface area contributed by atoms with E-state index >= 15 is 0 Å². The smallest absolute Gasteiger partial charge is 0.227 e. The molecule has 2 N–H and O–H groups in total. The van der Waals surface area contributed by atoms with Crippen molar-refractivity contribution >= 4 is 11.7 Å². The summed E-state index contributed by atoms with van der Waals surface area (Å²) in [5.74, 6) is 1.05. The molecule has 0 radical (unpaired) electrons. The lowest BCUT2D eigenvalue weighted by atomic mass is 9.75. The molecule has 4 heteroatoms. The molecule has 1 fully saturated rings. The van der Waals surface area contributed by atoms with Crippen LogP contribution in [-0.2, 0) is 16.0 Å². The van der Waals surface area contributed by atoms with E-state index in [0.717, 1.165) is 76.2 Å². The maximum Gasteiger partial charge on any atom is 0.227 e. The van der Waals surface area contributed by atoms with Gasteiger partial charge >= 0.3 is 0 Å². The Balaban J connectivity index is 1.30. The molecule has 1 aromatic rings. The predicted molar refractivity (Wildman–Crippen MR) is 131 cm³/mol. The van der Waals surface area contributed by atoms with Gasteiger partial charge in [0.15, 0.2) is 5.78 Å². The number of aliphatic hydroxyl groups excluding tert-OH is 1. The lowest BCUT2D eigenvalue weighted by Gasteiger charge is -2.32. The van der Waals surface area contributed by atoms with Gasteiger partial charge in [-0.1, -0.05) is 24.3 Å². The minimum atomic E-state index is -0.372. The number of amides is 1. The number of ketones is 1. The first-order valence-corrected chi connectivity index (χ1v) is 13.0. The first kappa shape index (κ1) is 23.9. The van der Waals surface area contributed by atoms with Gasteiger partial charge in [-0.3, -0.25) is 9.59 Å². The Bertz CT molecular complexity index is 907. The van der Waals surface area contributed by atoms with Crippen LogP contribution in [-0.4, -0.2) is 16.8 Å². The highest BCUT2D eigenvalue weighted by Gasteiger charge is 2.32. The van der Waals surface area contributed by atoms with Gasteiger partial charge in [-0.05, 0) is 112 Å². The molecular formula is C29H39NO3. The maximum absolute atomic E-state index is 12.9. The molecule has 2 atom stereocenters. The molecule has 1 amide bonds. The molecule has 0 saturated heterocycles. The average Bonchev–Trinajstić information content (AvgIpc) is 2.88. The van der Waals surface area contributed by atoms with Crippen LogP contribution in [0, 0.1) is 24.7 Å². The Hall–Kier alpha value is -2.20. The van der Waals surface area contributed by atoms with Gasteiger partial charge < -0.3 is 10.4 Å². The van der Waals surface area contributed by atoms with Crippen LogP contribution in [0.5, 0.6) is 0 Å². The topological polar surface area (TPSA) is 66.4 Å². The number of carbonyl (C=O) groups is 2. The van der Waals surface area contributed by atoms with E-state index in [2.05, 4.69) is 36.5 Å². The van der Waals surface area contributed by atoms with Crippen molar-refractivity contribution in [1.29, 1.82) is 0 Å². The molecule has 2 unspecified atom stereocenters. The summed E-state index contributed by atoms with van der Waals surface area (Å²) in [6.45, 7) is 2.15. The first-order valence-electron chi connectivity index (χ1n) is 13.0. The Morgan fingerprint density at radius 1 is 1.06 bits per heavy atom. The van der Waals surface area contributed by atoms with E-state index in [9.17, 15) is 14.7 Å². The molecule has 0 aromatic heterocycles. The minimum absolute atomic E-state index is 0.0145. The van der Waals surface area contributed by atoms with Crippen LogP contribution in [0.25, 0.3) is 0 Å². The number of hydrogen-bond donors (Lipinski definition) is 2. The van der Waals surface area contributed by atoms with Crippen molar-refractivity contribution in [2.24, 2.45) is 17.8 Å². The van der Waals surface area contributed by atoms with Gasteiger partial charge in [0, 0.05) is 24.1 Å². The highest BCUT2D eigenvalue weighted by atomic mass is 16.3. The van der Waals surface area contributed by atoms with Crippen LogP contribution in [0.1, 0.15) is 93.4 Å². The van der Waals surface area contributed by atoms with Gasteiger partial charge in [0.1, 0.15) is 0 Å². The summed E-state index contributed by atoms with van der Waals surface area (Å²) in [6.07, 6.45) is 16.8. The fraction of sp³-hybridized carbons (Fsp3) is 0.586. The highest BCUT2D eigenvalue weighted by Crippen LogP contribution is 2.41. The Morgan fingerprint density at radius 2 is 1.88 bits per heavy atom. The molecule has 0 spiro atoms. The Labute approximate surface area is 198 Å². The van der Waals surface area contributed by atoms with Crippen LogP contribution in [0.15, 0.2) is 42.1 Å². The van der Waals surface area contributed by atoms with Crippen molar-refractivity contribution in [3.05, 3.63) is 58.8 Å². The third kappa shape index (κ3) is 6.23. The third-order valence-electron chi connectivity index (χ3n) is 7.99. The summed E-state index contributed by atoms with van der Waals surface area (Å²) in [7, 11) is 0. The summed E-state index contributed by atoms with van der Waals surface area (Å²) in [6, 6.07) is 6.33. The fourth-order valence-electron chi connectivity index (χ4n) is 6.02. The second-order valence-corrected chi connectivity index (χ2v) is 10.4. The van der Waals surface area contributed by atoms with E-state index in [1.807, 2.05) is 6.08 Å². The molecule has 1 aromatic carbocycles. The largest absolute Gasteiger partial charge is 0.388 e. The van der Waals surface area contributed by atoms with Crippen LogP contribution in [0.4, 0.5) is 0 Å². The lowest BCUT2D eigenvalue weighted by Crippen LogP contribution is -2.33. The van der Waals surface area contributed by atoms with Gasteiger partial charge in [0.25, 0.3) is 0 Å². The van der Waals surface area contributed by atoms with E-state index in [-0.39, 0.29) is 23.7 Å². The van der Waals surface area contributed by atoms with E-state index in [0.29, 0.717) is 24.0 Å². The van der Waals surface area contributed by atoms with Crippen molar-refractivity contribution in [2.75, 3.05) is 0 Å². The predicted octanol–water partition coefficient (Wildman–Crippen LogP) is 5.88. The molecule has 178 valence electrons. The number of allylic oxidation sites excluding steroid dienone is 3. The number of hydrogen-bond acceptors (Lipinski definition) is 3. The number of aryl methyl sites for hydroxylation is 1. The molecule has 1 saturated carbocycles. The van der Waals surface area contributed by atoms with E-state index in [1.54, 1.807) is 6.08 Å². The van der Waals surface area contributed by atoms with Gasteiger partial charge in [0.2, 0.25) is 5.91 Å². The van der Waals surface area contributed by atoms with Gasteiger partial charge in [0.05, 0.1) is 6.10 Å². The average molecular weight is 450 g/mol. The number of nitrogens with one attached hydrogen (secondary N) is 1. The standard InChI is InChI=1S/C29H39NO3/c1-20-8-6-13-27-26(20)12-7-9-23(28(27)32)18-21-14-16-22(17-15-21)29(33)30-24-10-4-2-3-5-11-25(31)19-24/h4,6,8,10,13,19,21-23,28,32H,2-3,5,7,9,11-12,14-18H2,1H3,(H,30,33)/b10-4-,24-19+. The second kappa shape index (κ2) is 11.3. The van der Waals surface area contributed by atoms with E-state index < -0.39 is 0 Å². The molecule has 3 aliphatic rings. The first-order chi connectivity index (χ1) is 16.0. The van der Waals surface area contributed by atoms with Gasteiger partial charge in [-0.25, -0.2) is 0 Å².